The van der Waals surface area contributed by atoms with Crippen LogP contribution < -0.4 is 0 Å². The van der Waals surface area contributed by atoms with Crippen molar-refractivity contribution in [3.8, 4) is 0 Å². The highest BCUT2D eigenvalue weighted by Gasteiger charge is 2.46. The van der Waals surface area contributed by atoms with Crippen LogP contribution in [0.1, 0.15) is 26.7 Å². The van der Waals surface area contributed by atoms with Gasteiger partial charge in [0, 0.05) is 0 Å². The summed E-state index contributed by atoms with van der Waals surface area (Å²) in [6.45, 7) is 3.88. The highest BCUT2D eigenvalue weighted by atomic mass is 32.2. The third-order valence-electron chi connectivity index (χ3n) is 2.82. The molecular weight excluding hydrogens is 214 g/mol. The van der Waals surface area contributed by atoms with Gasteiger partial charge in [0.25, 0.3) is 0 Å². The summed E-state index contributed by atoms with van der Waals surface area (Å²) in [6.07, 6.45) is 0.0413. The molecule has 0 aromatic carbocycles. The summed E-state index contributed by atoms with van der Waals surface area (Å²) in [7, 11) is 0. The Labute approximate surface area is 93.7 Å². The van der Waals surface area contributed by atoms with Crippen LogP contribution in [0.5, 0.6) is 0 Å². The number of hydrogen-bond acceptors (Lipinski definition) is 5. The van der Waals surface area contributed by atoms with Gasteiger partial charge in [0.1, 0.15) is 23.7 Å². The molecule has 5 heteroatoms. The molecule has 0 saturated carbocycles. The lowest BCUT2D eigenvalue weighted by Crippen LogP contribution is -2.53. The van der Waals surface area contributed by atoms with Crippen molar-refractivity contribution in [1.29, 1.82) is 0 Å². The minimum absolute atomic E-state index is 0.111. The molecule has 86 valence electrons. The zero-order valence-electron chi connectivity index (χ0n) is 8.96. The first-order valence-corrected chi connectivity index (χ1v) is 6.26. The van der Waals surface area contributed by atoms with Crippen LogP contribution in [0.3, 0.4) is 0 Å². The maximum atomic E-state index is 9.85. The van der Waals surface area contributed by atoms with E-state index in [0.29, 0.717) is 0 Å². The summed E-state index contributed by atoms with van der Waals surface area (Å²) in [5, 5.41) is 20.5. The standard InChI is InChI=1S/C10H17NO3S/c1-3-4-6-11-7-9(13)8(12)5(2)14-10(7)15-6/h5,7-10,12-13H,3-4H2,1-2H3/t5-,7-,8-,9-,10-/m1/s1. The lowest BCUT2D eigenvalue weighted by atomic mass is 9.99. The largest absolute Gasteiger partial charge is 0.388 e. The second kappa shape index (κ2) is 4.41. The number of aliphatic hydroxyl groups is 2. The van der Waals surface area contributed by atoms with E-state index in [1.54, 1.807) is 18.7 Å². The SMILES string of the molecule is CCCC1=N[C@@H]2[C@@H](O)[C@H](O)[C@@H](C)O[C@@H]2S1. The molecule has 1 fully saturated rings. The van der Waals surface area contributed by atoms with Crippen molar-refractivity contribution in [2.75, 3.05) is 0 Å². The molecule has 1 saturated heterocycles. The number of rotatable bonds is 2. The Morgan fingerprint density at radius 2 is 2.13 bits per heavy atom. The number of nitrogens with zero attached hydrogens (tertiary/aromatic N) is 1. The molecule has 2 rings (SSSR count). The van der Waals surface area contributed by atoms with Gasteiger partial charge in [-0.3, -0.25) is 4.99 Å². The lowest BCUT2D eigenvalue weighted by molar-refractivity contribution is -0.145. The predicted molar refractivity (Wildman–Crippen MR) is 60.1 cm³/mol. The fourth-order valence-corrected chi connectivity index (χ4v) is 3.28. The first kappa shape index (κ1) is 11.4. The first-order valence-electron chi connectivity index (χ1n) is 5.38. The van der Waals surface area contributed by atoms with Crippen molar-refractivity contribution in [2.45, 2.75) is 56.5 Å². The third kappa shape index (κ3) is 2.06. The zero-order chi connectivity index (χ0) is 11.0. The molecule has 0 bridgehead atoms. The molecule has 0 radical (unpaired) electrons. The van der Waals surface area contributed by atoms with Gasteiger partial charge in [-0.15, -0.1) is 0 Å². The zero-order valence-corrected chi connectivity index (χ0v) is 9.78. The molecule has 2 aliphatic heterocycles. The Kier molecular flexibility index (Phi) is 3.35. The van der Waals surface area contributed by atoms with Crippen LogP contribution in [0, 0.1) is 0 Å². The average Bonchev–Trinajstić information content (AvgIpc) is 2.58. The van der Waals surface area contributed by atoms with Crippen LogP contribution in [-0.2, 0) is 4.74 Å². The molecule has 15 heavy (non-hydrogen) atoms. The minimum Gasteiger partial charge on any atom is -0.388 e. The Hall–Kier alpha value is -0.100. The van der Waals surface area contributed by atoms with Crippen LogP contribution in [0.4, 0.5) is 0 Å². The molecule has 0 aromatic heterocycles. The Morgan fingerprint density at radius 3 is 2.80 bits per heavy atom. The van der Waals surface area contributed by atoms with Crippen LogP contribution in [0.25, 0.3) is 0 Å². The number of aliphatic hydroxyl groups excluding tert-OH is 2. The molecule has 0 aromatic rings. The summed E-state index contributed by atoms with van der Waals surface area (Å²) < 4.78 is 5.61. The van der Waals surface area contributed by atoms with Crippen LogP contribution in [0.2, 0.25) is 0 Å². The minimum atomic E-state index is -0.823. The third-order valence-corrected chi connectivity index (χ3v) is 4.02. The van der Waals surface area contributed by atoms with Gasteiger partial charge in [0.2, 0.25) is 0 Å². The molecule has 5 atom stereocenters. The molecule has 0 amide bonds. The highest BCUT2D eigenvalue weighted by Crippen LogP contribution is 2.37. The van der Waals surface area contributed by atoms with Crippen LogP contribution in [-0.4, -0.2) is 45.0 Å². The fraction of sp³-hybridized carbons (Fsp3) is 0.900. The highest BCUT2D eigenvalue weighted by molar-refractivity contribution is 8.14. The Morgan fingerprint density at radius 1 is 1.40 bits per heavy atom. The van der Waals surface area contributed by atoms with Crippen molar-refractivity contribution in [3.63, 3.8) is 0 Å². The van der Waals surface area contributed by atoms with Gasteiger partial charge in [0.05, 0.1) is 11.1 Å². The van der Waals surface area contributed by atoms with Gasteiger partial charge < -0.3 is 14.9 Å². The van der Waals surface area contributed by atoms with Crippen molar-refractivity contribution in [1.82, 2.24) is 0 Å². The maximum absolute atomic E-state index is 9.85. The molecule has 2 heterocycles. The van der Waals surface area contributed by atoms with Crippen molar-refractivity contribution < 1.29 is 14.9 Å². The van der Waals surface area contributed by atoms with E-state index in [2.05, 4.69) is 11.9 Å². The van der Waals surface area contributed by atoms with E-state index in [1.807, 2.05) is 0 Å². The van der Waals surface area contributed by atoms with Gasteiger partial charge in [-0.25, -0.2) is 0 Å². The quantitative estimate of drug-likeness (QED) is 0.737. The van der Waals surface area contributed by atoms with E-state index in [9.17, 15) is 10.2 Å². The summed E-state index contributed by atoms with van der Waals surface area (Å²) in [4.78, 5) is 4.41. The maximum Gasteiger partial charge on any atom is 0.134 e. The van der Waals surface area contributed by atoms with Gasteiger partial charge in [-0.1, -0.05) is 25.1 Å². The molecule has 4 nitrogen and oxygen atoms in total. The van der Waals surface area contributed by atoms with Crippen LogP contribution >= 0.6 is 11.8 Å². The van der Waals surface area contributed by atoms with Crippen LogP contribution in [0.15, 0.2) is 4.99 Å². The normalized spacial score (nSPS) is 45.1. The van der Waals surface area contributed by atoms with Crippen molar-refractivity contribution in [2.24, 2.45) is 4.99 Å². The molecule has 0 aliphatic carbocycles. The van der Waals surface area contributed by atoms with E-state index in [0.717, 1.165) is 17.9 Å². The van der Waals surface area contributed by atoms with Crippen molar-refractivity contribution in [3.05, 3.63) is 0 Å². The topological polar surface area (TPSA) is 62.1 Å². The second-order valence-electron chi connectivity index (χ2n) is 4.07. The molecule has 2 aliphatic rings. The van der Waals surface area contributed by atoms with E-state index in [4.69, 9.17) is 4.74 Å². The molecule has 0 unspecified atom stereocenters. The van der Waals surface area contributed by atoms with E-state index >= 15 is 0 Å². The predicted octanol–water partition coefficient (Wildman–Crippen LogP) is 0.767. The Bertz CT molecular complexity index is 271. The number of fused-ring (bicyclic) bond motifs is 1. The number of hydrogen-bond donors (Lipinski definition) is 2. The lowest BCUT2D eigenvalue weighted by Gasteiger charge is -2.36. The van der Waals surface area contributed by atoms with Gasteiger partial charge in [-0.2, -0.15) is 0 Å². The summed E-state index contributed by atoms with van der Waals surface area (Å²) >= 11 is 1.59. The average molecular weight is 231 g/mol. The molecule has 0 spiro atoms. The van der Waals surface area contributed by atoms with Crippen molar-refractivity contribution >= 4 is 16.8 Å². The molecular formula is C10H17NO3S. The fourth-order valence-electron chi connectivity index (χ4n) is 1.92. The van der Waals surface area contributed by atoms with Gasteiger partial charge in [-0.05, 0) is 13.3 Å². The second-order valence-corrected chi connectivity index (χ2v) is 5.24. The summed E-state index contributed by atoms with van der Waals surface area (Å²) in [5.74, 6) is 0. The first-order chi connectivity index (χ1) is 7.13. The summed E-state index contributed by atoms with van der Waals surface area (Å²) in [6, 6.07) is -0.289. The van der Waals surface area contributed by atoms with E-state index in [-0.39, 0.29) is 17.6 Å². The number of aliphatic imine (C=N–C) groups is 1. The van der Waals surface area contributed by atoms with Gasteiger partial charge >= 0.3 is 0 Å². The number of thioether (sulfide) groups is 1. The van der Waals surface area contributed by atoms with E-state index < -0.39 is 12.2 Å². The number of ether oxygens (including phenoxy) is 1. The monoisotopic (exact) mass is 231 g/mol. The van der Waals surface area contributed by atoms with E-state index in [1.165, 1.54) is 0 Å². The summed E-state index contributed by atoms with van der Waals surface area (Å²) in [5.41, 5.74) is -0.111. The van der Waals surface area contributed by atoms with Gasteiger partial charge in [0.15, 0.2) is 0 Å². The molecule has 2 N–H and O–H groups in total. The smallest absolute Gasteiger partial charge is 0.134 e. The Balaban J connectivity index is 2.08.